The van der Waals surface area contributed by atoms with Gasteiger partial charge in [0.1, 0.15) is 11.6 Å². The number of carbonyl (C=O) groups is 3. The van der Waals surface area contributed by atoms with E-state index in [1.807, 2.05) is 51.1 Å². The molecule has 0 spiro atoms. The number of pyridine rings is 1. The van der Waals surface area contributed by atoms with Crippen LogP contribution in [0.3, 0.4) is 0 Å². The highest BCUT2D eigenvalue weighted by atomic mass is 19.4. The maximum atomic E-state index is 14.2. The molecule has 3 aliphatic rings. The number of piperidine rings is 1. The van der Waals surface area contributed by atoms with E-state index in [4.69, 9.17) is 4.74 Å². The van der Waals surface area contributed by atoms with Crippen molar-refractivity contribution in [2.24, 2.45) is 0 Å². The molecule has 3 saturated heterocycles. The van der Waals surface area contributed by atoms with E-state index in [9.17, 15) is 27.6 Å². The number of urea groups is 1. The molecule has 0 atom stereocenters. The molecule has 1 aromatic heterocycles. The van der Waals surface area contributed by atoms with E-state index in [-0.39, 0.29) is 47.2 Å². The second kappa shape index (κ2) is 18.2. The van der Waals surface area contributed by atoms with Crippen LogP contribution in [-0.2, 0) is 17.5 Å². The number of alkyl halides is 3. The summed E-state index contributed by atoms with van der Waals surface area (Å²) in [7, 11) is 1.46. The molecule has 0 bridgehead atoms. The maximum absolute atomic E-state index is 14.2. The van der Waals surface area contributed by atoms with Gasteiger partial charge in [-0.25, -0.2) is 9.78 Å². The number of imide groups is 1. The van der Waals surface area contributed by atoms with E-state index in [1.54, 1.807) is 23.1 Å². The Morgan fingerprint density at radius 3 is 2.30 bits per heavy atom. The van der Waals surface area contributed by atoms with Gasteiger partial charge in [0.25, 0.3) is 5.91 Å². The fraction of sp³-hybridized carbons (Fsp3) is 0.409. The number of ether oxygens (including phenoxy) is 1. The number of hydrogen-bond acceptors (Lipinski definition) is 10. The molecule has 4 heterocycles. The van der Waals surface area contributed by atoms with Crippen LogP contribution in [0.15, 0.2) is 72.9 Å². The first kappa shape index (κ1) is 42.3. The number of para-hydroxylation sites is 2. The van der Waals surface area contributed by atoms with E-state index in [2.05, 4.69) is 47.0 Å². The normalized spacial score (nSPS) is 17.1. The summed E-state index contributed by atoms with van der Waals surface area (Å²) in [6.07, 6.45) is -1.72. The fourth-order valence-electron chi connectivity index (χ4n) is 8.24. The number of benzene rings is 3. The van der Waals surface area contributed by atoms with Crippen LogP contribution in [0.25, 0.3) is 0 Å². The summed E-state index contributed by atoms with van der Waals surface area (Å²) in [4.78, 5) is 50.0. The summed E-state index contributed by atoms with van der Waals surface area (Å²) < 4.78 is 48.9. The van der Waals surface area contributed by atoms with Gasteiger partial charge < -0.3 is 25.6 Å². The quantitative estimate of drug-likeness (QED) is 0.116. The number of amides is 4. The second-order valence-electron chi connectivity index (χ2n) is 15.7. The number of hydrogen-bond donors (Lipinski definition) is 4. The maximum Gasteiger partial charge on any atom is 0.419 e. The first-order chi connectivity index (χ1) is 28.8. The molecule has 60 heavy (non-hydrogen) atoms. The van der Waals surface area contributed by atoms with Crippen molar-refractivity contribution >= 4 is 52.1 Å². The Labute approximate surface area is 348 Å². The summed E-state index contributed by atoms with van der Waals surface area (Å²) in [6, 6.07) is 19.6. The van der Waals surface area contributed by atoms with E-state index in [0.29, 0.717) is 24.0 Å². The Morgan fingerprint density at radius 2 is 1.60 bits per heavy atom. The van der Waals surface area contributed by atoms with Gasteiger partial charge >= 0.3 is 12.2 Å². The van der Waals surface area contributed by atoms with Crippen molar-refractivity contribution in [2.45, 2.75) is 64.9 Å². The Kier molecular flexibility index (Phi) is 12.8. The zero-order valence-electron chi connectivity index (χ0n) is 34.4. The number of rotatable bonds is 12. The Bertz CT molecular complexity index is 2200. The first-order valence-corrected chi connectivity index (χ1v) is 20.4. The molecule has 16 heteroatoms. The number of aryl methyl sites for hydroxylation is 1. The lowest BCUT2D eigenvalue weighted by Gasteiger charge is -2.44. The lowest BCUT2D eigenvalue weighted by molar-refractivity contribution is -0.137. The van der Waals surface area contributed by atoms with Gasteiger partial charge in [-0.1, -0.05) is 30.3 Å². The number of piperazine rings is 1. The molecule has 7 rings (SSSR count). The number of anilines is 6. The highest BCUT2D eigenvalue weighted by Gasteiger charge is 2.35. The van der Waals surface area contributed by atoms with Gasteiger partial charge in [-0.3, -0.25) is 29.6 Å². The molecule has 0 unspecified atom stereocenters. The third kappa shape index (κ3) is 9.77. The average molecular weight is 828 g/mol. The standard InChI is InChI=1S/C44H52F3N9O4/c1-28(2)60-39-25-38(29(3)23-36(39)51-40-24-35(33(26-49-40)44(45,46)47)50-34-11-7-6-10-32(34)42(58)48-4)55-21-19-54(20-22-55)31-13-16-53(17-14-31)27-30-9-5-8-12-37(30)56-18-15-41(57)52-43(56)59/h5-12,23-26,28,31H,13-22,27H2,1-4H3,(H,48,58)(H2,49,50,51)(H,52,57,59). The van der Waals surface area contributed by atoms with Gasteiger partial charge in [-0.15, -0.1) is 0 Å². The van der Waals surface area contributed by atoms with Crippen LogP contribution in [0.2, 0.25) is 0 Å². The number of nitrogens with one attached hydrogen (secondary N) is 4. The van der Waals surface area contributed by atoms with Crippen molar-refractivity contribution in [1.29, 1.82) is 0 Å². The Balaban J connectivity index is 1.00. The van der Waals surface area contributed by atoms with Gasteiger partial charge in [0.05, 0.1) is 34.3 Å². The Hall–Kier alpha value is -5.87. The molecule has 4 amide bonds. The van der Waals surface area contributed by atoms with Crippen LogP contribution in [0, 0.1) is 6.92 Å². The van der Waals surface area contributed by atoms with Gasteiger partial charge in [0, 0.05) is 88.5 Å². The summed E-state index contributed by atoms with van der Waals surface area (Å²) in [5, 5.41) is 11.0. The largest absolute Gasteiger partial charge is 0.489 e. The molecule has 4 N–H and O–H groups in total. The predicted molar refractivity (Wildman–Crippen MR) is 227 cm³/mol. The molecule has 3 aliphatic heterocycles. The van der Waals surface area contributed by atoms with Gasteiger partial charge in [0.15, 0.2) is 0 Å². The lowest BCUT2D eigenvalue weighted by Crippen LogP contribution is -2.53. The molecule has 4 aromatic rings. The van der Waals surface area contributed by atoms with E-state index in [1.165, 1.54) is 19.2 Å². The van der Waals surface area contributed by atoms with E-state index >= 15 is 0 Å². The third-order valence-corrected chi connectivity index (χ3v) is 11.3. The summed E-state index contributed by atoms with van der Waals surface area (Å²) in [5.74, 6) is 0.0414. The monoisotopic (exact) mass is 827 g/mol. The van der Waals surface area contributed by atoms with Gasteiger partial charge in [-0.2, -0.15) is 13.2 Å². The summed E-state index contributed by atoms with van der Waals surface area (Å²) in [6.45, 7) is 12.3. The zero-order valence-corrected chi connectivity index (χ0v) is 34.4. The molecule has 0 aliphatic carbocycles. The minimum absolute atomic E-state index is 0.166. The second-order valence-corrected chi connectivity index (χ2v) is 15.7. The van der Waals surface area contributed by atoms with E-state index < -0.39 is 17.6 Å². The van der Waals surface area contributed by atoms with Crippen LogP contribution >= 0.6 is 0 Å². The highest BCUT2D eigenvalue weighted by molar-refractivity contribution is 6.06. The SMILES string of the molecule is CNC(=O)c1ccccc1Nc1cc(Nc2cc(C)c(N3CCN(C4CCN(Cc5ccccc5N5CCC(=O)NC5=O)CC4)CC3)cc2OC(C)C)ncc1C(F)(F)F. The average Bonchev–Trinajstić information content (AvgIpc) is 3.22. The van der Waals surface area contributed by atoms with Crippen LogP contribution < -0.4 is 35.8 Å². The minimum atomic E-state index is -4.70. The van der Waals surface area contributed by atoms with Crippen molar-refractivity contribution in [2.75, 3.05) is 73.3 Å². The van der Waals surface area contributed by atoms with Crippen molar-refractivity contribution < 1.29 is 32.3 Å². The molecule has 13 nitrogen and oxygen atoms in total. The molecule has 318 valence electrons. The van der Waals surface area contributed by atoms with Crippen molar-refractivity contribution in [3.63, 3.8) is 0 Å². The molecular weight excluding hydrogens is 776 g/mol. The number of aromatic nitrogens is 1. The molecular formula is C44H52F3N9O4. The minimum Gasteiger partial charge on any atom is -0.489 e. The number of carbonyl (C=O) groups excluding carboxylic acids is 3. The smallest absolute Gasteiger partial charge is 0.419 e. The number of nitrogens with zero attached hydrogens (tertiary/aromatic N) is 5. The fourth-order valence-corrected chi connectivity index (χ4v) is 8.24. The van der Waals surface area contributed by atoms with Gasteiger partial charge in [-0.05, 0) is 82.1 Å². The topological polar surface area (TPSA) is 134 Å². The number of likely N-dealkylation sites (tertiary alicyclic amines) is 1. The zero-order chi connectivity index (χ0) is 42.6. The lowest BCUT2D eigenvalue weighted by atomic mass is 10.0. The molecule has 3 aromatic carbocycles. The molecule has 0 saturated carbocycles. The van der Waals surface area contributed by atoms with E-state index in [0.717, 1.165) is 87.4 Å². The Morgan fingerprint density at radius 1 is 0.883 bits per heavy atom. The van der Waals surface area contributed by atoms with Gasteiger partial charge in [0.2, 0.25) is 5.91 Å². The van der Waals surface area contributed by atoms with Crippen molar-refractivity contribution in [3.05, 3.63) is 95.2 Å². The van der Waals surface area contributed by atoms with Crippen LogP contribution in [0.1, 0.15) is 60.2 Å². The molecule has 0 radical (unpaired) electrons. The number of halogens is 3. The highest BCUT2D eigenvalue weighted by Crippen LogP contribution is 2.40. The van der Waals surface area contributed by atoms with Crippen LogP contribution in [0.4, 0.5) is 52.2 Å². The van der Waals surface area contributed by atoms with Crippen molar-refractivity contribution in [3.8, 4) is 5.75 Å². The van der Waals surface area contributed by atoms with Crippen LogP contribution in [-0.4, -0.2) is 97.6 Å². The summed E-state index contributed by atoms with van der Waals surface area (Å²) >= 11 is 0. The summed E-state index contributed by atoms with van der Waals surface area (Å²) in [5.41, 5.74) is 3.69. The van der Waals surface area contributed by atoms with Crippen LogP contribution in [0.5, 0.6) is 5.75 Å². The predicted octanol–water partition coefficient (Wildman–Crippen LogP) is 7.28. The molecule has 3 fully saturated rings. The first-order valence-electron chi connectivity index (χ1n) is 20.4. The third-order valence-electron chi connectivity index (χ3n) is 11.3. The van der Waals surface area contributed by atoms with Crippen molar-refractivity contribution in [1.82, 2.24) is 25.4 Å².